The summed E-state index contributed by atoms with van der Waals surface area (Å²) in [6.45, 7) is 2.76. The van der Waals surface area contributed by atoms with Gasteiger partial charge in [0.1, 0.15) is 11.6 Å². The SMILES string of the molecule is CCCNC(SC)=C(C#N)C(=O)c1ccc(Cl)cc1. The fourth-order valence-corrected chi connectivity index (χ4v) is 2.17. The Balaban J connectivity index is 3.07. The van der Waals surface area contributed by atoms with Gasteiger partial charge in [0.2, 0.25) is 5.78 Å². The van der Waals surface area contributed by atoms with Crippen LogP contribution >= 0.6 is 23.4 Å². The van der Waals surface area contributed by atoms with Crippen LogP contribution in [0.2, 0.25) is 5.02 Å². The molecule has 0 saturated heterocycles. The van der Waals surface area contributed by atoms with Crippen molar-refractivity contribution in [2.75, 3.05) is 12.8 Å². The number of hydrogen-bond acceptors (Lipinski definition) is 4. The van der Waals surface area contributed by atoms with Crippen LogP contribution in [0.3, 0.4) is 0 Å². The maximum Gasteiger partial charge on any atom is 0.206 e. The van der Waals surface area contributed by atoms with Crippen LogP contribution in [0.4, 0.5) is 0 Å². The number of benzene rings is 1. The van der Waals surface area contributed by atoms with Crippen molar-refractivity contribution >= 4 is 29.1 Å². The molecule has 0 radical (unpaired) electrons. The standard InChI is InChI=1S/C14H15ClN2OS/c1-3-8-17-14(19-2)12(9-16)13(18)10-4-6-11(15)7-5-10/h4-7,17H,3,8H2,1-2H3. The van der Waals surface area contributed by atoms with Crippen molar-refractivity contribution in [2.24, 2.45) is 0 Å². The zero-order valence-corrected chi connectivity index (χ0v) is 12.4. The Morgan fingerprint density at radius 2 is 2.05 bits per heavy atom. The second-order valence-electron chi connectivity index (χ2n) is 3.78. The number of nitrogens with one attached hydrogen (secondary N) is 1. The van der Waals surface area contributed by atoms with E-state index in [2.05, 4.69) is 5.32 Å². The summed E-state index contributed by atoms with van der Waals surface area (Å²) in [5.41, 5.74) is 0.606. The summed E-state index contributed by atoms with van der Waals surface area (Å²) in [7, 11) is 0. The normalized spacial score (nSPS) is 11.5. The average Bonchev–Trinajstić information content (AvgIpc) is 2.43. The number of rotatable bonds is 6. The van der Waals surface area contributed by atoms with Crippen LogP contribution in [0, 0.1) is 11.3 Å². The molecule has 1 aromatic rings. The lowest BCUT2D eigenvalue weighted by atomic mass is 10.1. The predicted octanol–water partition coefficient (Wildman–Crippen LogP) is 3.62. The van der Waals surface area contributed by atoms with E-state index >= 15 is 0 Å². The molecule has 5 heteroatoms. The van der Waals surface area contributed by atoms with E-state index in [0.717, 1.165) is 13.0 Å². The van der Waals surface area contributed by atoms with E-state index in [9.17, 15) is 10.1 Å². The van der Waals surface area contributed by atoms with Gasteiger partial charge in [-0.05, 0) is 36.9 Å². The van der Waals surface area contributed by atoms with Crippen molar-refractivity contribution in [3.8, 4) is 6.07 Å². The van der Waals surface area contributed by atoms with Crippen molar-refractivity contribution in [2.45, 2.75) is 13.3 Å². The monoisotopic (exact) mass is 294 g/mol. The molecule has 100 valence electrons. The summed E-state index contributed by atoms with van der Waals surface area (Å²) in [4.78, 5) is 12.3. The number of hydrogen-bond donors (Lipinski definition) is 1. The summed E-state index contributed by atoms with van der Waals surface area (Å²) < 4.78 is 0. The Morgan fingerprint density at radius 3 is 2.53 bits per heavy atom. The fourth-order valence-electron chi connectivity index (χ4n) is 1.45. The molecule has 0 bridgehead atoms. The highest BCUT2D eigenvalue weighted by Gasteiger charge is 2.16. The van der Waals surface area contributed by atoms with E-state index < -0.39 is 0 Å². The molecule has 0 saturated carbocycles. The first-order valence-electron chi connectivity index (χ1n) is 5.86. The third-order valence-electron chi connectivity index (χ3n) is 2.41. The van der Waals surface area contributed by atoms with Gasteiger partial charge in [0.05, 0.1) is 5.03 Å². The number of nitrogens with zero attached hydrogens (tertiary/aromatic N) is 1. The highest BCUT2D eigenvalue weighted by Crippen LogP contribution is 2.19. The number of thioether (sulfide) groups is 1. The molecule has 0 fully saturated rings. The number of Topliss-reactive ketones (excluding diaryl/α,β-unsaturated/α-hetero) is 1. The minimum atomic E-state index is -0.285. The molecule has 19 heavy (non-hydrogen) atoms. The van der Waals surface area contributed by atoms with Crippen LogP contribution in [0.1, 0.15) is 23.7 Å². The predicted molar refractivity (Wildman–Crippen MR) is 80.2 cm³/mol. The second-order valence-corrected chi connectivity index (χ2v) is 5.04. The highest BCUT2D eigenvalue weighted by atomic mass is 35.5. The highest BCUT2D eigenvalue weighted by molar-refractivity contribution is 8.02. The van der Waals surface area contributed by atoms with Crippen molar-refractivity contribution in [1.29, 1.82) is 5.26 Å². The van der Waals surface area contributed by atoms with Gasteiger partial charge in [-0.2, -0.15) is 5.26 Å². The molecule has 0 aliphatic heterocycles. The Morgan fingerprint density at radius 1 is 1.42 bits per heavy atom. The van der Waals surface area contributed by atoms with Crippen molar-refractivity contribution in [1.82, 2.24) is 5.32 Å². The van der Waals surface area contributed by atoms with E-state index in [1.807, 2.05) is 19.2 Å². The average molecular weight is 295 g/mol. The molecule has 0 atom stereocenters. The maximum atomic E-state index is 12.3. The van der Waals surface area contributed by atoms with E-state index in [0.29, 0.717) is 15.6 Å². The van der Waals surface area contributed by atoms with Crippen LogP contribution < -0.4 is 5.32 Å². The van der Waals surface area contributed by atoms with Crippen molar-refractivity contribution < 1.29 is 4.79 Å². The van der Waals surface area contributed by atoms with Crippen LogP contribution in [-0.4, -0.2) is 18.6 Å². The Hall–Kier alpha value is -1.44. The molecular weight excluding hydrogens is 280 g/mol. The molecule has 0 aromatic heterocycles. The van der Waals surface area contributed by atoms with Gasteiger partial charge in [-0.25, -0.2) is 0 Å². The lowest BCUT2D eigenvalue weighted by molar-refractivity contribution is 0.103. The van der Waals surface area contributed by atoms with Crippen LogP contribution in [0.5, 0.6) is 0 Å². The summed E-state index contributed by atoms with van der Waals surface area (Å²) >= 11 is 7.15. The molecular formula is C14H15ClN2OS. The molecule has 1 N–H and O–H groups in total. The number of allylic oxidation sites excluding steroid dienone is 1. The van der Waals surface area contributed by atoms with E-state index in [1.165, 1.54) is 11.8 Å². The Labute approximate surface area is 122 Å². The van der Waals surface area contributed by atoms with Crippen LogP contribution in [0.15, 0.2) is 34.9 Å². The molecule has 0 aliphatic carbocycles. The van der Waals surface area contributed by atoms with E-state index in [4.69, 9.17) is 11.6 Å². The summed E-state index contributed by atoms with van der Waals surface area (Å²) in [5.74, 6) is -0.285. The summed E-state index contributed by atoms with van der Waals surface area (Å²) in [5, 5.41) is 13.5. The molecule has 3 nitrogen and oxygen atoms in total. The molecule has 0 heterocycles. The Bertz CT molecular complexity index is 517. The molecule has 1 rings (SSSR count). The maximum absolute atomic E-state index is 12.3. The third kappa shape index (κ3) is 4.30. The van der Waals surface area contributed by atoms with Gasteiger partial charge < -0.3 is 5.32 Å². The summed E-state index contributed by atoms with van der Waals surface area (Å²) in [6, 6.07) is 8.52. The zero-order valence-electron chi connectivity index (χ0n) is 10.9. The number of ketones is 1. The minimum Gasteiger partial charge on any atom is -0.379 e. The van der Waals surface area contributed by atoms with E-state index in [-0.39, 0.29) is 11.4 Å². The van der Waals surface area contributed by atoms with Gasteiger partial charge in [-0.15, -0.1) is 11.8 Å². The topological polar surface area (TPSA) is 52.9 Å². The van der Waals surface area contributed by atoms with Crippen molar-refractivity contribution in [3.63, 3.8) is 0 Å². The quantitative estimate of drug-likeness (QED) is 0.494. The smallest absolute Gasteiger partial charge is 0.206 e. The largest absolute Gasteiger partial charge is 0.379 e. The molecule has 0 aliphatic rings. The minimum absolute atomic E-state index is 0.142. The lowest BCUT2D eigenvalue weighted by Crippen LogP contribution is -2.17. The lowest BCUT2D eigenvalue weighted by Gasteiger charge is -2.09. The van der Waals surface area contributed by atoms with Gasteiger partial charge in [0, 0.05) is 17.1 Å². The van der Waals surface area contributed by atoms with Crippen molar-refractivity contribution in [3.05, 3.63) is 45.5 Å². The summed E-state index contributed by atoms with van der Waals surface area (Å²) in [6.07, 6.45) is 2.77. The number of carbonyl (C=O) groups excluding carboxylic acids is 1. The van der Waals surface area contributed by atoms with Gasteiger partial charge in [0.15, 0.2) is 0 Å². The first-order chi connectivity index (χ1) is 9.13. The van der Waals surface area contributed by atoms with Gasteiger partial charge in [0.25, 0.3) is 0 Å². The first-order valence-corrected chi connectivity index (χ1v) is 7.46. The van der Waals surface area contributed by atoms with Gasteiger partial charge in [-0.1, -0.05) is 18.5 Å². The third-order valence-corrected chi connectivity index (χ3v) is 3.42. The van der Waals surface area contributed by atoms with E-state index in [1.54, 1.807) is 24.3 Å². The zero-order chi connectivity index (χ0) is 14.3. The second kappa shape index (κ2) is 7.88. The molecule has 1 aromatic carbocycles. The Kier molecular flexibility index (Phi) is 6.48. The van der Waals surface area contributed by atoms with Crippen LogP contribution in [-0.2, 0) is 0 Å². The first kappa shape index (κ1) is 15.6. The fraction of sp³-hybridized carbons (Fsp3) is 0.286. The molecule has 0 amide bonds. The number of carbonyl (C=O) groups is 1. The molecule has 0 spiro atoms. The van der Waals surface area contributed by atoms with Gasteiger partial charge in [-0.3, -0.25) is 4.79 Å². The number of halogens is 1. The van der Waals surface area contributed by atoms with Crippen LogP contribution in [0.25, 0.3) is 0 Å². The molecule has 0 unspecified atom stereocenters. The van der Waals surface area contributed by atoms with Gasteiger partial charge >= 0.3 is 0 Å². The number of nitriles is 1.